The summed E-state index contributed by atoms with van der Waals surface area (Å²) in [7, 11) is 1.77. The van der Waals surface area contributed by atoms with E-state index in [2.05, 4.69) is 13.0 Å². The van der Waals surface area contributed by atoms with Crippen LogP contribution in [-0.4, -0.2) is 19.5 Å². The molecule has 22 heavy (non-hydrogen) atoms. The van der Waals surface area contributed by atoms with Crippen LogP contribution in [0.15, 0.2) is 11.6 Å². The molecule has 0 unspecified atom stereocenters. The minimum absolute atomic E-state index is 0.133. The maximum absolute atomic E-state index is 12.7. The molecular weight excluding hydrogens is 272 g/mol. The van der Waals surface area contributed by atoms with Crippen LogP contribution in [0, 0.1) is 28.6 Å². The second kappa shape index (κ2) is 5.19. The van der Waals surface area contributed by atoms with Gasteiger partial charge in [-0.1, -0.05) is 25.0 Å². The highest BCUT2D eigenvalue weighted by Gasteiger charge is 2.60. The number of methoxy groups -OCH3 is 1. The van der Waals surface area contributed by atoms with Gasteiger partial charge in [0.1, 0.15) is 5.78 Å². The fourth-order valence-electron chi connectivity index (χ4n) is 6.80. The van der Waals surface area contributed by atoms with E-state index >= 15 is 0 Å². The maximum Gasteiger partial charge on any atom is 0.141 e. The lowest BCUT2D eigenvalue weighted by molar-refractivity contribution is -0.139. The van der Waals surface area contributed by atoms with Crippen LogP contribution in [-0.2, 0) is 9.53 Å². The summed E-state index contributed by atoms with van der Waals surface area (Å²) < 4.78 is 5.53. The minimum Gasteiger partial charge on any atom is -0.384 e. The van der Waals surface area contributed by atoms with Crippen LogP contribution in [0.5, 0.6) is 0 Å². The molecule has 0 aliphatic heterocycles. The van der Waals surface area contributed by atoms with Crippen LogP contribution in [0.2, 0.25) is 0 Å². The normalized spacial score (nSPS) is 47.5. The summed E-state index contributed by atoms with van der Waals surface area (Å²) in [6, 6.07) is 0. The van der Waals surface area contributed by atoms with E-state index in [9.17, 15) is 4.79 Å². The van der Waals surface area contributed by atoms with Crippen molar-refractivity contribution >= 4 is 5.78 Å². The predicted octanol–water partition coefficient (Wildman–Crippen LogP) is 4.53. The van der Waals surface area contributed by atoms with E-state index in [1.807, 2.05) is 0 Å². The molecule has 5 atom stereocenters. The second-order valence-electron chi connectivity index (χ2n) is 8.56. The Morgan fingerprint density at radius 3 is 2.86 bits per heavy atom. The van der Waals surface area contributed by atoms with E-state index in [0.29, 0.717) is 23.7 Å². The first kappa shape index (κ1) is 14.9. The lowest BCUT2D eigenvalue weighted by Gasteiger charge is -2.56. The fourth-order valence-corrected chi connectivity index (χ4v) is 6.80. The van der Waals surface area contributed by atoms with E-state index in [0.717, 1.165) is 31.1 Å². The van der Waals surface area contributed by atoms with Gasteiger partial charge in [-0.05, 0) is 68.1 Å². The number of carbonyl (C=O) groups is 1. The number of Topliss-reactive ketones (excluding diaryl/α,β-unsaturated/α-hetero) is 1. The average Bonchev–Trinajstić information content (AvgIpc) is 2.84. The zero-order valence-electron chi connectivity index (χ0n) is 14.2. The average molecular weight is 302 g/mol. The summed E-state index contributed by atoms with van der Waals surface area (Å²) in [5.41, 5.74) is 2.06. The van der Waals surface area contributed by atoms with Crippen LogP contribution in [0.1, 0.15) is 64.7 Å². The molecule has 3 saturated carbocycles. The molecule has 0 aromatic carbocycles. The van der Waals surface area contributed by atoms with Crippen LogP contribution >= 0.6 is 0 Å². The smallest absolute Gasteiger partial charge is 0.141 e. The number of rotatable bonds is 2. The largest absolute Gasteiger partial charge is 0.384 e. The second-order valence-corrected chi connectivity index (χ2v) is 8.56. The number of fused-ring (bicyclic) bond motifs is 5. The van der Waals surface area contributed by atoms with Crippen molar-refractivity contribution in [1.82, 2.24) is 0 Å². The van der Waals surface area contributed by atoms with E-state index < -0.39 is 0 Å². The third-order valence-electron chi connectivity index (χ3n) is 7.87. The van der Waals surface area contributed by atoms with Crippen molar-refractivity contribution in [3.8, 4) is 0 Å². The van der Waals surface area contributed by atoms with Gasteiger partial charge < -0.3 is 4.74 Å². The third-order valence-corrected chi connectivity index (χ3v) is 7.87. The van der Waals surface area contributed by atoms with Crippen LogP contribution in [0.3, 0.4) is 0 Å². The summed E-state index contributed by atoms with van der Waals surface area (Å²) in [5, 5.41) is 0. The van der Waals surface area contributed by atoms with Gasteiger partial charge >= 0.3 is 0 Å². The molecule has 0 N–H and O–H groups in total. The Bertz CT molecular complexity index is 508. The van der Waals surface area contributed by atoms with E-state index in [-0.39, 0.29) is 5.41 Å². The van der Waals surface area contributed by atoms with Gasteiger partial charge in [0, 0.05) is 13.5 Å². The first-order chi connectivity index (χ1) is 10.6. The number of carbonyl (C=O) groups excluding carboxylic acids is 1. The molecular formula is C20H30O2. The van der Waals surface area contributed by atoms with Crippen molar-refractivity contribution in [2.75, 3.05) is 13.7 Å². The van der Waals surface area contributed by atoms with Crippen LogP contribution < -0.4 is 0 Å². The Hall–Kier alpha value is -0.630. The monoisotopic (exact) mass is 302 g/mol. The Morgan fingerprint density at radius 1 is 1.18 bits per heavy atom. The summed E-state index contributed by atoms with van der Waals surface area (Å²) in [6.07, 6.45) is 13.5. The molecule has 2 nitrogen and oxygen atoms in total. The number of ketones is 1. The van der Waals surface area contributed by atoms with Gasteiger partial charge in [0.05, 0.1) is 12.0 Å². The lowest BCUT2D eigenvalue weighted by Crippen LogP contribution is -2.52. The van der Waals surface area contributed by atoms with Gasteiger partial charge in [0.25, 0.3) is 0 Å². The molecule has 0 amide bonds. The van der Waals surface area contributed by atoms with Crippen molar-refractivity contribution < 1.29 is 9.53 Å². The first-order valence-corrected chi connectivity index (χ1v) is 9.33. The number of hydrogen-bond acceptors (Lipinski definition) is 2. The lowest BCUT2D eigenvalue weighted by atomic mass is 9.48. The van der Waals surface area contributed by atoms with Gasteiger partial charge in [-0.25, -0.2) is 0 Å². The summed E-state index contributed by atoms with van der Waals surface area (Å²) in [6.45, 7) is 3.20. The molecule has 0 aromatic rings. The summed E-state index contributed by atoms with van der Waals surface area (Å²) in [4.78, 5) is 12.7. The molecule has 3 fully saturated rings. The van der Waals surface area contributed by atoms with Gasteiger partial charge in [0.15, 0.2) is 0 Å². The van der Waals surface area contributed by atoms with E-state index in [4.69, 9.17) is 4.74 Å². The first-order valence-electron chi connectivity index (χ1n) is 9.33. The molecule has 0 aromatic heterocycles. The van der Waals surface area contributed by atoms with Gasteiger partial charge in [-0.3, -0.25) is 4.79 Å². The molecule has 0 bridgehead atoms. The zero-order valence-corrected chi connectivity index (χ0v) is 14.2. The standard InChI is InChI=1S/C20H30O2/c1-19-11-4-3-5-14(19)6-7-15-16(19)10-12-20(13-22-2)17(15)8-9-18(20)21/h6,15-17H,3-5,7-13H2,1-2H3/t15-,16+,17+,19+,20-/m1/s1. The molecule has 0 radical (unpaired) electrons. The van der Waals surface area contributed by atoms with E-state index in [1.165, 1.54) is 38.5 Å². The molecule has 0 heterocycles. The molecule has 4 rings (SSSR count). The van der Waals surface area contributed by atoms with Gasteiger partial charge in [-0.15, -0.1) is 0 Å². The molecule has 0 saturated heterocycles. The highest BCUT2D eigenvalue weighted by Crippen LogP contribution is 2.64. The highest BCUT2D eigenvalue weighted by molar-refractivity contribution is 5.87. The molecule has 4 aliphatic rings. The summed E-state index contributed by atoms with van der Waals surface area (Å²) >= 11 is 0. The van der Waals surface area contributed by atoms with Gasteiger partial charge in [-0.2, -0.15) is 0 Å². The Kier molecular flexibility index (Phi) is 3.52. The SMILES string of the molecule is COC[C@]12CC[C@H]3[C@@H](CC=C4CCCC[C@@]43C)[C@@H]1CCC2=O. The quantitative estimate of drug-likeness (QED) is 0.700. The number of ether oxygens (including phenoxy) is 1. The van der Waals surface area contributed by atoms with Crippen molar-refractivity contribution in [3.63, 3.8) is 0 Å². The topological polar surface area (TPSA) is 26.3 Å². The van der Waals surface area contributed by atoms with Crippen molar-refractivity contribution in [2.45, 2.75) is 64.7 Å². The number of allylic oxidation sites excluding steroid dienone is 2. The molecule has 4 aliphatic carbocycles. The zero-order chi connectivity index (χ0) is 15.4. The molecule has 2 heteroatoms. The minimum atomic E-state index is -0.133. The molecule has 122 valence electrons. The van der Waals surface area contributed by atoms with E-state index in [1.54, 1.807) is 12.7 Å². The third kappa shape index (κ3) is 1.85. The van der Waals surface area contributed by atoms with Crippen molar-refractivity contribution in [3.05, 3.63) is 11.6 Å². The van der Waals surface area contributed by atoms with Crippen molar-refractivity contribution in [1.29, 1.82) is 0 Å². The van der Waals surface area contributed by atoms with Crippen LogP contribution in [0.4, 0.5) is 0 Å². The number of hydrogen-bond donors (Lipinski definition) is 0. The Morgan fingerprint density at radius 2 is 2.05 bits per heavy atom. The highest BCUT2D eigenvalue weighted by atomic mass is 16.5. The fraction of sp³-hybridized carbons (Fsp3) is 0.850. The Balaban J connectivity index is 1.69. The summed E-state index contributed by atoms with van der Waals surface area (Å²) in [5.74, 6) is 2.62. The van der Waals surface area contributed by atoms with Gasteiger partial charge in [0.2, 0.25) is 0 Å². The molecule has 0 spiro atoms. The van der Waals surface area contributed by atoms with Crippen molar-refractivity contribution in [2.24, 2.45) is 28.6 Å². The predicted molar refractivity (Wildman–Crippen MR) is 87.5 cm³/mol. The Labute approximate surface area is 134 Å². The maximum atomic E-state index is 12.7. The van der Waals surface area contributed by atoms with Crippen LogP contribution in [0.25, 0.3) is 0 Å².